The lowest BCUT2D eigenvalue weighted by Gasteiger charge is -1.67. The Morgan fingerprint density at radius 1 is 1.33 bits per heavy atom. The lowest BCUT2D eigenvalue weighted by Crippen LogP contribution is -2.03. The summed E-state index contributed by atoms with van der Waals surface area (Å²) >= 11 is 0. The van der Waals surface area contributed by atoms with Gasteiger partial charge >= 0.3 is 5.97 Å². The van der Waals surface area contributed by atoms with Gasteiger partial charge in [0.1, 0.15) is 0 Å². The van der Waals surface area contributed by atoms with E-state index in [4.69, 9.17) is 0 Å². The highest BCUT2D eigenvalue weighted by atomic mass is 16.4. The highest BCUT2D eigenvalue weighted by Gasteiger charge is 2.02. The first-order valence-corrected chi connectivity index (χ1v) is 1.36. The third kappa shape index (κ3) is 1.46. The number of ketones is 1. The van der Waals surface area contributed by atoms with Crippen LogP contribution in [0, 0.1) is 0 Å². The highest BCUT2D eigenvalue weighted by molar-refractivity contribution is 6.31. The molecule has 0 fully saturated rings. The van der Waals surface area contributed by atoms with Crippen molar-refractivity contribution in [3.8, 4) is 0 Å². The molecule has 0 amide bonds. The summed E-state index contributed by atoms with van der Waals surface area (Å²) in [5.41, 5.74) is 0. The maximum atomic E-state index is 9.48. The smallest absolute Gasteiger partial charge is 0.287 e. The van der Waals surface area contributed by atoms with Gasteiger partial charge in [-0.15, -0.1) is 0 Å². The molecule has 0 atom stereocenters. The molecule has 0 aliphatic rings. The van der Waals surface area contributed by atoms with E-state index in [1.165, 1.54) is 0 Å². The summed E-state index contributed by atoms with van der Waals surface area (Å²) in [4.78, 5) is 18.7. The van der Waals surface area contributed by atoms with E-state index >= 15 is 0 Å². The number of Topliss-reactive ketones (excluding diaryl/α,β-unsaturated/α-hetero) is 1. The fourth-order valence-corrected chi connectivity index (χ4v) is 0. The summed E-state index contributed by atoms with van der Waals surface area (Å²) in [5, 5.41) is 9.24. The number of hydrogen-bond acceptors (Lipinski definition) is 2. The zero-order valence-corrected chi connectivity index (χ0v) is 3.22. The second-order valence-corrected chi connectivity index (χ2v) is 0.844. The summed E-state index contributed by atoms with van der Waals surface area (Å²) in [6, 6.07) is 0. The van der Waals surface area contributed by atoms with E-state index in [-0.39, 0.29) is 0 Å². The van der Waals surface area contributed by atoms with Crippen LogP contribution in [-0.4, -0.2) is 11.8 Å². The maximum Gasteiger partial charge on any atom is 0.421 e. The van der Waals surface area contributed by atoms with Gasteiger partial charge in [0, 0.05) is 6.92 Å². The zero-order chi connectivity index (χ0) is 5.15. The standard InChI is InChI=1S/C3H3O3/c1-2(4)3(5)6/h1H3. The quantitative estimate of drug-likeness (QED) is 0.406. The molecule has 1 radical (unpaired) electrons. The van der Waals surface area contributed by atoms with Crippen LogP contribution in [0.25, 0.3) is 0 Å². The normalized spacial score (nSPS) is 7.50. The average Bonchev–Trinajstić information content (AvgIpc) is 1.36. The molecule has 0 aliphatic heterocycles. The van der Waals surface area contributed by atoms with Crippen molar-refractivity contribution in [1.29, 1.82) is 0 Å². The highest BCUT2D eigenvalue weighted by Crippen LogP contribution is 1.63. The monoisotopic (exact) mass is 87.0 g/mol. The molecule has 0 rings (SSSR count). The predicted molar refractivity (Wildman–Crippen MR) is 16.4 cm³/mol. The van der Waals surface area contributed by atoms with Crippen LogP contribution < -0.4 is 0 Å². The van der Waals surface area contributed by atoms with Crippen molar-refractivity contribution in [1.82, 2.24) is 0 Å². The fourth-order valence-electron chi connectivity index (χ4n) is 0. The van der Waals surface area contributed by atoms with Crippen molar-refractivity contribution in [3.05, 3.63) is 0 Å². The number of rotatable bonds is 1. The second kappa shape index (κ2) is 1.55. The first-order chi connectivity index (χ1) is 2.64. The Kier molecular flexibility index (Phi) is 1.32. The van der Waals surface area contributed by atoms with Crippen LogP contribution in [-0.2, 0) is 14.7 Å². The van der Waals surface area contributed by atoms with Crippen molar-refractivity contribution in [2.75, 3.05) is 0 Å². The molecular formula is C3H3O3. The largest absolute Gasteiger partial charge is 0.421 e. The summed E-state index contributed by atoms with van der Waals surface area (Å²) in [6.45, 7) is 0.940. The Balaban J connectivity index is 3.57. The van der Waals surface area contributed by atoms with E-state index in [0.29, 0.717) is 0 Å². The molecule has 0 N–H and O–H groups in total. The minimum absolute atomic E-state index is 0.935. The Bertz CT molecular complexity index is 72.0. The van der Waals surface area contributed by atoms with Crippen LogP contribution in [0.1, 0.15) is 6.92 Å². The molecule has 0 aliphatic carbocycles. The first-order valence-electron chi connectivity index (χ1n) is 1.36. The molecule has 0 heterocycles. The topological polar surface area (TPSA) is 54.0 Å². The van der Waals surface area contributed by atoms with Gasteiger partial charge in [0.2, 0.25) is 5.78 Å². The number of hydrogen-bond donors (Lipinski definition) is 0. The molecule has 0 aromatic rings. The molecule has 3 nitrogen and oxygen atoms in total. The van der Waals surface area contributed by atoms with Gasteiger partial charge < -0.3 is 0 Å². The van der Waals surface area contributed by atoms with E-state index in [1.807, 2.05) is 0 Å². The molecule has 0 aromatic carbocycles. The van der Waals surface area contributed by atoms with E-state index < -0.39 is 11.8 Å². The van der Waals surface area contributed by atoms with Gasteiger partial charge in [-0.2, -0.15) is 0 Å². The molecular weight excluding hydrogens is 84.0 g/mol. The predicted octanol–water partition coefficient (Wildman–Crippen LogP) is -0.468. The van der Waals surface area contributed by atoms with Gasteiger partial charge in [-0.3, -0.25) is 4.79 Å². The van der Waals surface area contributed by atoms with Gasteiger partial charge in [0.05, 0.1) is 0 Å². The van der Waals surface area contributed by atoms with Gasteiger partial charge in [0.25, 0.3) is 0 Å². The van der Waals surface area contributed by atoms with Crippen LogP contribution in [0.4, 0.5) is 0 Å². The van der Waals surface area contributed by atoms with Crippen molar-refractivity contribution in [2.45, 2.75) is 6.92 Å². The van der Waals surface area contributed by atoms with Gasteiger partial charge in [-0.05, 0) is 0 Å². The summed E-state index contributed by atoms with van der Waals surface area (Å²) in [5.74, 6) is -2.56. The SMILES string of the molecule is CC(=O)C([O])=O. The van der Waals surface area contributed by atoms with Crippen molar-refractivity contribution in [3.63, 3.8) is 0 Å². The molecule has 0 aromatic heterocycles. The summed E-state index contributed by atoms with van der Waals surface area (Å²) in [6.07, 6.45) is 0. The van der Waals surface area contributed by atoms with E-state index in [9.17, 15) is 14.7 Å². The van der Waals surface area contributed by atoms with E-state index in [0.717, 1.165) is 6.92 Å². The minimum atomic E-state index is -1.63. The summed E-state index contributed by atoms with van der Waals surface area (Å²) in [7, 11) is 0. The lowest BCUT2D eigenvalue weighted by atomic mass is 10.5. The van der Waals surface area contributed by atoms with Gasteiger partial charge in [-0.25, -0.2) is 9.90 Å². The zero-order valence-electron chi connectivity index (χ0n) is 3.22. The Morgan fingerprint density at radius 2 is 1.50 bits per heavy atom. The molecule has 0 unspecified atom stereocenters. The van der Waals surface area contributed by atoms with Gasteiger partial charge in [0.15, 0.2) is 0 Å². The molecule has 6 heavy (non-hydrogen) atoms. The third-order valence-corrected chi connectivity index (χ3v) is 0.287. The Morgan fingerprint density at radius 3 is 1.50 bits per heavy atom. The van der Waals surface area contributed by atoms with Crippen LogP contribution in [0.2, 0.25) is 0 Å². The van der Waals surface area contributed by atoms with E-state index in [2.05, 4.69) is 0 Å². The fraction of sp³-hybridized carbons (Fsp3) is 0.333. The summed E-state index contributed by atoms with van der Waals surface area (Å²) < 4.78 is 0. The van der Waals surface area contributed by atoms with E-state index in [1.54, 1.807) is 0 Å². The van der Waals surface area contributed by atoms with Crippen LogP contribution in [0.3, 0.4) is 0 Å². The third-order valence-electron chi connectivity index (χ3n) is 0.287. The number of carbonyl (C=O) groups excluding carboxylic acids is 2. The number of carbonyl (C=O) groups is 2. The maximum absolute atomic E-state index is 9.48. The molecule has 3 heteroatoms. The van der Waals surface area contributed by atoms with Gasteiger partial charge in [-0.1, -0.05) is 0 Å². The van der Waals surface area contributed by atoms with Crippen molar-refractivity contribution < 1.29 is 14.7 Å². The second-order valence-electron chi connectivity index (χ2n) is 0.844. The van der Waals surface area contributed by atoms with Crippen LogP contribution in [0.15, 0.2) is 0 Å². The molecule has 0 spiro atoms. The average molecular weight is 87.1 g/mol. The van der Waals surface area contributed by atoms with Crippen LogP contribution in [0.5, 0.6) is 0 Å². The Labute approximate surface area is 34.6 Å². The van der Waals surface area contributed by atoms with Crippen LogP contribution >= 0.6 is 0 Å². The molecule has 33 valence electrons. The lowest BCUT2D eigenvalue weighted by molar-refractivity contribution is -0.152. The Hall–Kier alpha value is -0.860. The molecule has 0 saturated heterocycles. The molecule has 0 bridgehead atoms. The van der Waals surface area contributed by atoms with Crippen molar-refractivity contribution in [2.24, 2.45) is 0 Å². The van der Waals surface area contributed by atoms with Crippen molar-refractivity contribution >= 4 is 11.8 Å². The first kappa shape index (κ1) is 5.14. The molecule has 0 saturated carbocycles. The minimum Gasteiger partial charge on any atom is -0.287 e.